The highest BCUT2D eigenvalue weighted by molar-refractivity contribution is 4.93. The lowest BCUT2D eigenvalue weighted by molar-refractivity contribution is -0.257. The third kappa shape index (κ3) is 1.84. The second kappa shape index (κ2) is 4.07. The largest absolute Gasteiger partial charge is 0.394 e. The van der Waals surface area contributed by atoms with Crippen LogP contribution in [0.1, 0.15) is 0 Å². The van der Waals surface area contributed by atoms with Gasteiger partial charge in [-0.25, -0.2) is 0 Å². The summed E-state index contributed by atoms with van der Waals surface area (Å²) in [6, 6.07) is -1.37. The summed E-state index contributed by atoms with van der Waals surface area (Å²) in [5, 5.41) is 38.5. The minimum absolute atomic E-state index is 0.559. The van der Waals surface area contributed by atoms with Gasteiger partial charge in [-0.3, -0.25) is 0 Å². The topological polar surface area (TPSA) is 120 Å². The highest BCUT2D eigenvalue weighted by Gasteiger charge is 2.44. The molecule has 0 radical (unpaired) electrons. The predicted octanol–water partition coefficient (Wildman–Crippen LogP) is -2.45. The number of hydrogen-bond donors (Lipinski definition) is 4. The first-order valence-corrected chi connectivity index (χ1v) is 3.74. The van der Waals surface area contributed by atoms with Gasteiger partial charge in [-0.05, 0) is 0 Å². The van der Waals surface area contributed by atoms with Crippen molar-refractivity contribution in [1.82, 2.24) is 0 Å². The SMILES string of the molecule is O=N[C@H]1[C@@H](O)[C@@H](CO)OC(O)[C@@H]1O. The molecule has 7 heteroatoms. The molecule has 0 aromatic carbocycles. The van der Waals surface area contributed by atoms with Crippen LogP contribution in [0.15, 0.2) is 5.18 Å². The summed E-state index contributed by atoms with van der Waals surface area (Å²) < 4.78 is 4.60. The standard InChI is InChI=1S/C6H11NO6/c8-1-2-4(9)3(7-12)5(10)6(11)13-2/h2-6,8-11H,1H2/t2-,3+,4+,5-,6?/m1/s1. The van der Waals surface area contributed by atoms with Crippen LogP contribution in [0.4, 0.5) is 0 Å². The Morgan fingerprint density at radius 1 is 1.23 bits per heavy atom. The van der Waals surface area contributed by atoms with E-state index < -0.39 is 37.3 Å². The molecule has 1 saturated heterocycles. The van der Waals surface area contributed by atoms with Crippen molar-refractivity contribution in [3.05, 3.63) is 4.91 Å². The molecule has 0 amide bonds. The van der Waals surface area contributed by atoms with Crippen LogP contribution < -0.4 is 0 Å². The van der Waals surface area contributed by atoms with E-state index >= 15 is 0 Å². The average Bonchev–Trinajstić information content (AvgIpc) is 2.12. The molecule has 1 heterocycles. The van der Waals surface area contributed by atoms with Gasteiger partial charge in [-0.1, -0.05) is 5.18 Å². The first kappa shape index (κ1) is 10.5. The Labute approximate surface area is 73.5 Å². The molecule has 1 aliphatic heterocycles. The zero-order valence-corrected chi connectivity index (χ0v) is 6.65. The van der Waals surface area contributed by atoms with Gasteiger partial charge in [0, 0.05) is 0 Å². The molecule has 1 rings (SSSR count). The summed E-state index contributed by atoms with van der Waals surface area (Å²) in [5.74, 6) is 0. The van der Waals surface area contributed by atoms with Gasteiger partial charge in [0.1, 0.15) is 18.3 Å². The zero-order chi connectivity index (χ0) is 10.0. The van der Waals surface area contributed by atoms with Crippen molar-refractivity contribution < 1.29 is 25.2 Å². The Morgan fingerprint density at radius 2 is 1.85 bits per heavy atom. The minimum atomic E-state index is -1.61. The monoisotopic (exact) mass is 193 g/mol. The molecule has 1 fully saturated rings. The van der Waals surface area contributed by atoms with Crippen LogP contribution in [0, 0.1) is 4.91 Å². The summed E-state index contributed by atoms with van der Waals surface area (Å²) >= 11 is 0. The fourth-order valence-corrected chi connectivity index (χ4v) is 1.21. The van der Waals surface area contributed by atoms with Gasteiger partial charge in [0.25, 0.3) is 0 Å². The molecule has 5 atom stereocenters. The van der Waals surface area contributed by atoms with Crippen molar-refractivity contribution in [2.45, 2.75) is 30.6 Å². The normalized spacial score (nSPS) is 46.0. The van der Waals surface area contributed by atoms with E-state index in [1.165, 1.54) is 0 Å². The van der Waals surface area contributed by atoms with Crippen LogP contribution in [0.2, 0.25) is 0 Å². The number of aliphatic hydroxyl groups excluding tert-OH is 4. The average molecular weight is 193 g/mol. The van der Waals surface area contributed by atoms with Gasteiger partial charge in [-0.2, -0.15) is 4.91 Å². The fraction of sp³-hybridized carbons (Fsp3) is 1.00. The van der Waals surface area contributed by atoms with Gasteiger partial charge in [-0.15, -0.1) is 0 Å². The van der Waals surface area contributed by atoms with Crippen LogP contribution in [0.5, 0.6) is 0 Å². The van der Waals surface area contributed by atoms with E-state index in [1.807, 2.05) is 0 Å². The summed E-state index contributed by atoms with van der Waals surface area (Å²) in [5.41, 5.74) is 0. The number of rotatable bonds is 2. The fourth-order valence-electron chi connectivity index (χ4n) is 1.21. The third-order valence-corrected chi connectivity index (χ3v) is 1.99. The van der Waals surface area contributed by atoms with Crippen LogP contribution in [0.3, 0.4) is 0 Å². The van der Waals surface area contributed by atoms with Crippen LogP contribution in [0.25, 0.3) is 0 Å². The Bertz CT molecular complexity index is 188. The first-order chi connectivity index (χ1) is 6.11. The minimum Gasteiger partial charge on any atom is -0.394 e. The van der Waals surface area contributed by atoms with Crippen LogP contribution in [-0.2, 0) is 4.74 Å². The maximum absolute atomic E-state index is 10.2. The number of hydrogen-bond acceptors (Lipinski definition) is 7. The van der Waals surface area contributed by atoms with E-state index in [-0.39, 0.29) is 0 Å². The maximum Gasteiger partial charge on any atom is 0.183 e. The van der Waals surface area contributed by atoms with Crippen molar-refractivity contribution in [2.75, 3.05) is 6.61 Å². The second-order valence-corrected chi connectivity index (χ2v) is 2.82. The number of nitrogens with zero attached hydrogens (tertiary/aromatic N) is 1. The van der Waals surface area contributed by atoms with E-state index in [0.717, 1.165) is 0 Å². The summed E-state index contributed by atoms with van der Waals surface area (Å²) in [6.07, 6.45) is -5.67. The summed E-state index contributed by atoms with van der Waals surface area (Å²) in [4.78, 5) is 10.2. The summed E-state index contributed by atoms with van der Waals surface area (Å²) in [6.45, 7) is -0.559. The van der Waals surface area contributed by atoms with Gasteiger partial charge in [0.15, 0.2) is 12.3 Å². The Balaban J connectivity index is 2.74. The first-order valence-electron chi connectivity index (χ1n) is 3.74. The molecule has 4 N–H and O–H groups in total. The van der Waals surface area contributed by atoms with E-state index in [4.69, 9.17) is 15.3 Å². The van der Waals surface area contributed by atoms with Gasteiger partial charge >= 0.3 is 0 Å². The molecular weight excluding hydrogens is 182 g/mol. The Hall–Kier alpha value is -0.600. The molecular formula is C6H11NO6. The van der Waals surface area contributed by atoms with Crippen molar-refractivity contribution in [2.24, 2.45) is 5.18 Å². The zero-order valence-electron chi connectivity index (χ0n) is 6.65. The van der Waals surface area contributed by atoms with Crippen molar-refractivity contribution >= 4 is 0 Å². The Kier molecular flexibility index (Phi) is 3.28. The van der Waals surface area contributed by atoms with Crippen LogP contribution in [-0.4, -0.2) is 57.7 Å². The van der Waals surface area contributed by atoms with Crippen molar-refractivity contribution in [3.8, 4) is 0 Å². The molecule has 7 nitrogen and oxygen atoms in total. The number of aliphatic hydroxyl groups is 4. The highest BCUT2D eigenvalue weighted by atomic mass is 16.6. The van der Waals surface area contributed by atoms with Crippen molar-refractivity contribution in [1.29, 1.82) is 0 Å². The number of nitroso groups, excluding NO2 is 1. The third-order valence-electron chi connectivity index (χ3n) is 1.99. The molecule has 76 valence electrons. The molecule has 0 aromatic heterocycles. The van der Waals surface area contributed by atoms with E-state index in [0.29, 0.717) is 0 Å². The lowest BCUT2D eigenvalue weighted by Crippen LogP contribution is -2.57. The predicted molar refractivity (Wildman–Crippen MR) is 39.6 cm³/mol. The molecule has 0 aliphatic carbocycles. The number of ether oxygens (including phenoxy) is 1. The smallest absolute Gasteiger partial charge is 0.183 e. The van der Waals surface area contributed by atoms with Gasteiger partial charge < -0.3 is 25.2 Å². The van der Waals surface area contributed by atoms with E-state index in [9.17, 15) is 10.0 Å². The molecule has 0 spiro atoms. The van der Waals surface area contributed by atoms with Crippen molar-refractivity contribution in [3.63, 3.8) is 0 Å². The highest BCUT2D eigenvalue weighted by Crippen LogP contribution is 2.21. The molecule has 0 aromatic rings. The lowest BCUT2D eigenvalue weighted by atomic mass is 9.97. The molecule has 0 saturated carbocycles. The Morgan fingerprint density at radius 3 is 2.31 bits per heavy atom. The molecule has 0 bridgehead atoms. The van der Waals surface area contributed by atoms with Gasteiger partial charge in [0.2, 0.25) is 0 Å². The quantitative estimate of drug-likeness (QED) is 0.361. The molecule has 13 heavy (non-hydrogen) atoms. The summed E-state index contributed by atoms with van der Waals surface area (Å²) in [7, 11) is 0. The van der Waals surface area contributed by atoms with E-state index in [1.54, 1.807) is 0 Å². The molecule has 1 unspecified atom stereocenters. The van der Waals surface area contributed by atoms with Crippen LogP contribution >= 0.6 is 0 Å². The second-order valence-electron chi connectivity index (χ2n) is 2.82. The maximum atomic E-state index is 10.2. The molecule has 1 aliphatic rings. The van der Waals surface area contributed by atoms with E-state index in [2.05, 4.69) is 9.91 Å². The van der Waals surface area contributed by atoms with Gasteiger partial charge in [0.05, 0.1) is 6.61 Å². The lowest BCUT2D eigenvalue weighted by Gasteiger charge is -2.36.